The lowest BCUT2D eigenvalue weighted by Gasteiger charge is -2.22. The van der Waals surface area contributed by atoms with E-state index in [4.69, 9.17) is 34.0 Å². The Kier molecular flexibility index (Phi) is 6.03. The summed E-state index contributed by atoms with van der Waals surface area (Å²) in [5, 5.41) is 18.2. The smallest absolute Gasteiger partial charge is 0.416 e. The van der Waals surface area contributed by atoms with E-state index < -0.39 is 24.1 Å². The zero-order valence-corrected chi connectivity index (χ0v) is 10.9. The van der Waals surface area contributed by atoms with Crippen LogP contribution in [-0.4, -0.2) is 22.5 Å². The second kappa shape index (κ2) is 6.16. The van der Waals surface area contributed by atoms with Gasteiger partial charge in [0.05, 0.1) is 11.1 Å². The van der Waals surface area contributed by atoms with Crippen molar-refractivity contribution >= 4 is 35.6 Å². The number of aliphatic hydroxyl groups excluding tert-OH is 1. The molecule has 2 atom stereocenters. The average Bonchev–Trinajstić information content (AvgIpc) is 2.20. The summed E-state index contributed by atoms with van der Waals surface area (Å²) in [6.07, 6.45) is -7.72. The maximum Gasteiger partial charge on any atom is 0.416 e. The fourth-order valence-corrected chi connectivity index (χ4v) is 1.72. The molecule has 0 aliphatic heterocycles. The van der Waals surface area contributed by atoms with E-state index in [0.29, 0.717) is 0 Å². The van der Waals surface area contributed by atoms with Crippen LogP contribution < -0.4 is 5.73 Å². The molecule has 18 heavy (non-hydrogen) atoms. The first-order valence-corrected chi connectivity index (χ1v) is 5.08. The van der Waals surface area contributed by atoms with E-state index in [1.54, 1.807) is 0 Å². The summed E-state index contributed by atoms with van der Waals surface area (Å²) in [6.45, 7) is 0. The van der Waals surface area contributed by atoms with Crippen LogP contribution in [0.25, 0.3) is 0 Å². The lowest BCUT2D eigenvalue weighted by molar-refractivity contribution is -0.210. The fourth-order valence-electron chi connectivity index (χ4n) is 1.21. The van der Waals surface area contributed by atoms with Crippen LogP contribution in [0.2, 0.25) is 10.0 Å². The number of phenols is 1. The van der Waals surface area contributed by atoms with Gasteiger partial charge in [0.2, 0.25) is 0 Å². The van der Waals surface area contributed by atoms with E-state index in [0.717, 1.165) is 12.1 Å². The van der Waals surface area contributed by atoms with Gasteiger partial charge in [-0.3, -0.25) is 0 Å². The molecule has 1 aromatic rings. The van der Waals surface area contributed by atoms with Crippen molar-refractivity contribution in [3.8, 4) is 5.75 Å². The Morgan fingerprint density at radius 3 is 2.17 bits per heavy atom. The Morgan fingerprint density at radius 2 is 1.72 bits per heavy atom. The minimum atomic E-state index is -4.90. The SMILES string of the molecule is Cl.N[C@H](c1cc(Cl)cc(Cl)c1O)[C@@H](O)C(F)(F)F. The molecule has 1 rings (SSSR count). The highest BCUT2D eigenvalue weighted by molar-refractivity contribution is 6.35. The first-order valence-electron chi connectivity index (χ1n) is 4.33. The molecule has 3 nitrogen and oxygen atoms in total. The molecule has 0 saturated carbocycles. The van der Waals surface area contributed by atoms with Crippen molar-refractivity contribution in [2.75, 3.05) is 0 Å². The van der Waals surface area contributed by atoms with Crippen LogP contribution in [0, 0.1) is 0 Å². The highest BCUT2D eigenvalue weighted by atomic mass is 35.5. The number of aliphatic hydroxyl groups is 1. The van der Waals surface area contributed by atoms with Gasteiger partial charge >= 0.3 is 6.18 Å². The number of halogens is 6. The Morgan fingerprint density at radius 1 is 1.22 bits per heavy atom. The predicted octanol–water partition coefficient (Wildman–Crippen LogP) is 3.04. The Balaban J connectivity index is 0.00000289. The lowest BCUT2D eigenvalue weighted by atomic mass is 10.0. The molecule has 1 aromatic carbocycles. The number of phenolic OH excluding ortho intramolecular Hbond substituents is 1. The maximum atomic E-state index is 12.2. The summed E-state index contributed by atoms with van der Waals surface area (Å²) in [7, 11) is 0. The van der Waals surface area contributed by atoms with Gasteiger partial charge in [0.15, 0.2) is 6.10 Å². The van der Waals surface area contributed by atoms with Gasteiger partial charge in [-0.05, 0) is 12.1 Å². The van der Waals surface area contributed by atoms with Gasteiger partial charge in [0.1, 0.15) is 5.75 Å². The Labute approximate surface area is 117 Å². The number of hydrogen-bond acceptors (Lipinski definition) is 3. The van der Waals surface area contributed by atoms with Crippen molar-refractivity contribution in [3.05, 3.63) is 27.7 Å². The van der Waals surface area contributed by atoms with Crippen molar-refractivity contribution in [3.63, 3.8) is 0 Å². The minimum absolute atomic E-state index is 0. The monoisotopic (exact) mass is 325 g/mol. The molecular weight excluding hydrogens is 317 g/mol. The van der Waals surface area contributed by atoms with E-state index in [2.05, 4.69) is 0 Å². The van der Waals surface area contributed by atoms with Crippen LogP contribution in [0.3, 0.4) is 0 Å². The third-order valence-electron chi connectivity index (χ3n) is 2.09. The van der Waals surface area contributed by atoms with E-state index in [1.165, 1.54) is 0 Å². The molecule has 0 aliphatic carbocycles. The fraction of sp³-hybridized carbons (Fsp3) is 0.333. The summed E-state index contributed by atoms with van der Waals surface area (Å²) in [4.78, 5) is 0. The van der Waals surface area contributed by atoms with Crippen molar-refractivity contribution in [1.29, 1.82) is 0 Å². The largest absolute Gasteiger partial charge is 0.506 e. The normalized spacial score (nSPS) is 14.8. The zero-order chi connectivity index (χ0) is 13.4. The van der Waals surface area contributed by atoms with Crippen molar-refractivity contribution in [2.45, 2.75) is 18.3 Å². The number of hydrogen-bond donors (Lipinski definition) is 3. The maximum absolute atomic E-state index is 12.2. The topological polar surface area (TPSA) is 66.5 Å². The number of aromatic hydroxyl groups is 1. The molecule has 0 bridgehead atoms. The summed E-state index contributed by atoms with van der Waals surface area (Å²) in [6, 6.07) is 0.294. The highest BCUT2D eigenvalue weighted by Crippen LogP contribution is 2.38. The molecule has 104 valence electrons. The van der Waals surface area contributed by atoms with Crippen molar-refractivity contribution < 1.29 is 23.4 Å². The van der Waals surface area contributed by atoms with E-state index in [-0.39, 0.29) is 28.0 Å². The molecule has 0 amide bonds. The molecular formula is C9H9Cl3F3NO2. The molecule has 0 unspecified atom stereocenters. The van der Waals surface area contributed by atoms with Gasteiger partial charge < -0.3 is 15.9 Å². The molecule has 4 N–H and O–H groups in total. The van der Waals surface area contributed by atoms with Gasteiger partial charge in [-0.1, -0.05) is 23.2 Å². The molecule has 0 radical (unpaired) electrons. The summed E-state index contributed by atoms with van der Waals surface area (Å²) in [5.74, 6) is -0.633. The lowest BCUT2D eigenvalue weighted by Crippen LogP contribution is -2.38. The Hall–Kier alpha value is -0.400. The van der Waals surface area contributed by atoms with Crippen molar-refractivity contribution in [2.24, 2.45) is 5.73 Å². The third kappa shape index (κ3) is 3.80. The van der Waals surface area contributed by atoms with Gasteiger partial charge in [0, 0.05) is 10.6 Å². The third-order valence-corrected chi connectivity index (χ3v) is 2.60. The molecule has 0 heterocycles. The molecule has 0 aliphatic rings. The summed E-state index contributed by atoms with van der Waals surface area (Å²) < 4.78 is 36.7. The second-order valence-electron chi connectivity index (χ2n) is 3.34. The number of alkyl halides is 3. The highest BCUT2D eigenvalue weighted by Gasteiger charge is 2.43. The Bertz CT molecular complexity index is 428. The van der Waals surface area contributed by atoms with Crippen LogP contribution >= 0.6 is 35.6 Å². The molecule has 0 spiro atoms. The quantitative estimate of drug-likeness (QED) is 0.782. The first-order chi connectivity index (χ1) is 7.64. The average molecular weight is 327 g/mol. The second-order valence-corrected chi connectivity index (χ2v) is 4.18. The van der Waals surface area contributed by atoms with E-state index >= 15 is 0 Å². The van der Waals surface area contributed by atoms with E-state index in [1.807, 2.05) is 0 Å². The molecule has 0 aromatic heterocycles. The number of nitrogens with two attached hydrogens (primary N) is 1. The number of rotatable bonds is 2. The number of benzene rings is 1. The van der Waals surface area contributed by atoms with Crippen LogP contribution in [0.5, 0.6) is 5.75 Å². The zero-order valence-electron chi connectivity index (χ0n) is 8.58. The van der Waals surface area contributed by atoms with Crippen molar-refractivity contribution in [1.82, 2.24) is 0 Å². The first kappa shape index (κ1) is 17.6. The van der Waals surface area contributed by atoms with Crippen LogP contribution in [0.4, 0.5) is 13.2 Å². The van der Waals surface area contributed by atoms with Gasteiger partial charge in [-0.25, -0.2) is 0 Å². The standard InChI is InChI=1S/C9H8Cl2F3NO2.ClH/c10-3-1-4(7(16)5(11)2-3)6(15)8(17)9(12,13)14;/h1-2,6,8,16-17H,15H2;1H/t6-,8-;/m1./s1. The molecule has 9 heteroatoms. The van der Waals surface area contributed by atoms with Gasteiger partial charge in [-0.2, -0.15) is 13.2 Å². The van der Waals surface area contributed by atoms with Crippen LogP contribution in [-0.2, 0) is 0 Å². The van der Waals surface area contributed by atoms with Gasteiger partial charge in [0.25, 0.3) is 0 Å². The molecule has 0 fully saturated rings. The minimum Gasteiger partial charge on any atom is -0.506 e. The molecule has 0 saturated heterocycles. The van der Waals surface area contributed by atoms with Gasteiger partial charge in [-0.15, -0.1) is 12.4 Å². The summed E-state index contributed by atoms with van der Waals surface area (Å²) in [5.41, 5.74) is 4.85. The van der Waals surface area contributed by atoms with E-state index in [9.17, 15) is 18.3 Å². The predicted molar refractivity (Wildman–Crippen MR) is 64.4 cm³/mol. The summed E-state index contributed by atoms with van der Waals surface area (Å²) >= 11 is 11.1. The van der Waals surface area contributed by atoms with Crippen LogP contribution in [0.1, 0.15) is 11.6 Å². The van der Waals surface area contributed by atoms with Crippen LogP contribution in [0.15, 0.2) is 12.1 Å².